The lowest BCUT2D eigenvalue weighted by Crippen LogP contribution is -2.49. The molecule has 1 saturated heterocycles. The SMILES string of the molecule is O=[N+]([O-])c1ccc(N2CCN(S(=O)(=O)Cc3ccccc3)CC2)c(Cl)c1. The topological polar surface area (TPSA) is 83.8 Å². The largest absolute Gasteiger partial charge is 0.368 e. The van der Waals surface area contributed by atoms with Crippen molar-refractivity contribution < 1.29 is 13.3 Å². The summed E-state index contributed by atoms with van der Waals surface area (Å²) < 4.78 is 26.7. The highest BCUT2D eigenvalue weighted by molar-refractivity contribution is 7.88. The van der Waals surface area contributed by atoms with Gasteiger partial charge in [-0.1, -0.05) is 41.9 Å². The molecule has 0 saturated carbocycles. The highest BCUT2D eigenvalue weighted by Gasteiger charge is 2.28. The minimum atomic E-state index is -3.39. The van der Waals surface area contributed by atoms with E-state index >= 15 is 0 Å². The monoisotopic (exact) mass is 395 g/mol. The summed E-state index contributed by atoms with van der Waals surface area (Å²) in [6, 6.07) is 13.4. The number of hydrogen-bond donors (Lipinski definition) is 0. The molecule has 0 aromatic heterocycles. The molecule has 0 atom stereocenters. The van der Waals surface area contributed by atoms with Crippen LogP contribution in [0.25, 0.3) is 0 Å². The normalized spacial score (nSPS) is 15.8. The van der Waals surface area contributed by atoms with Crippen molar-refractivity contribution in [1.29, 1.82) is 0 Å². The third kappa shape index (κ3) is 4.14. The standard InChI is InChI=1S/C17H18ClN3O4S/c18-16-12-15(21(22)23)6-7-17(16)19-8-10-20(11-9-19)26(24,25)13-14-4-2-1-3-5-14/h1-7,12H,8-11,13H2. The van der Waals surface area contributed by atoms with E-state index in [1.54, 1.807) is 18.2 Å². The van der Waals surface area contributed by atoms with Gasteiger partial charge in [-0.25, -0.2) is 8.42 Å². The van der Waals surface area contributed by atoms with Crippen molar-refractivity contribution in [2.45, 2.75) is 5.75 Å². The number of rotatable bonds is 5. The number of halogens is 1. The van der Waals surface area contributed by atoms with Crippen molar-refractivity contribution in [2.75, 3.05) is 31.1 Å². The highest BCUT2D eigenvalue weighted by atomic mass is 35.5. The Kier molecular flexibility index (Phi) is 5.45. The van der Waals surface area contributed by atoms with E-state index in [-0.39, 0.29) is 11.4 Å². The van der Waals surface area contributed by atoms with E-state index in [0.29, 0.717) is 36.9 Å². The van der Waals surface area contributed by atoms with Crippen LogP contribution < -0.4 is 4.90 Å². The van der Waals surface area contributed by atoms with Crippen molar-refractivity contribution in [1.82, 2.24) is 4.31 Å². The highest BCUT2D eigenvalue weighted by Crippen LogP contribution is 2.30. The molecule has 0 aliphatic carbocycles. The summed E-state index contributed by atoms with van der Waals surface area (Å²) in [6.07, 6.45) is 0. The minimum Gasteiger partial charge on any atom is -0.368 e. The first-order chi connectivity index (χ1) is 12.4. The van der Waals surface area contributed by atoms with Gasteiger partial charge in [-0.05, 0) is 11.6 Å². The zero-order valence-corrected chi connectivity index (χ0v) is 15.5. The summed E-state index contributed by atoms with van der Waals surface area (Å²) in [5.41, 5.74) is 1.37. The van der Waals surface area contributed by atoms with E-state index < -0.39 is 14.9 Å². The number of non-ortho nitro benzene ring substituents is 1. The lowest BCUT2D eigenvalue weighted by Gasteiger charge is -2.35. The lowest BCUT2D eigenvalue weighted by atomic mass is 10.2. The summed E-state index contributed by atoms with van der Waals surface area (Å²) in [5, 5.41) is 11.1. The van der Waals surface area contributed by atoms with Gasteiger partial charge < -0.3 is 4.90 Å². The summed E-state index contributed by atoms with van der Waals surface area (Å²) >= 11 is 6.16. The number of sulfonamides is 1. The summed E-state index contributed by atoms with van der Waals surface area (Å²) in [6.45, 7) is 1.65. The van der Waals surface area contributed by atoms with E-state index in [4.69, 9.17) is 11.6 Å². The van der Waals surface area contributed by atoms with Crippen LogP contribution in [0.1, 0.15) is 5.56 Å². The van der Waals surface area contributed by atoms with Crippen molar-refractivity contribution in [3.05, 3.63) is 69.2 Å². The Labute approximate surface area is 157 Å². The molecular weight excluding hydrogens is 378 g/mol. The fourth-order valence-electron chi connectivity index (χ4n) is 2.95. The molecule has 1 aliphatic rings. The summed E-state index contributed by atoms with van der Waals surface area (Å²) in [4.78, 5) is 12.3. The molecule has 1 heterocycles. The Morgan fingerprint density at radius 1 is 1.04 bits per heavy atom. The van der Waals surface area contributed by atoms with Gasteiger partial charge in [0.2, 0.25) is 10.0 Å². The van der Waals surface area contributed by atoms with E-state index in [2.05, 4.69) is 0 Å². The Hall–Kier alpha value is -2.16. The second-order valence-corrected chi connectivity index (χ2v) is 8.40. The average Bonchev–Trinajstić information content (AvgIpc) is 2.62. The zero-order valence-electron chi connectivity index (χ0n) is 13.9. The van der Waals surface area contributed by atoms with Crippen molar-refractivity contribution in [2.24, 2.45) is 0 Å². The Morgan fingerprint density at radius 2 is 1.69 bits per heavy atom. The second kappa shape index (κ2) is 7.61. The molecule has 1 aliphatic heterocycles. The molecule has 2 aromatic carbocycles. The number of nitro groups is 1. The molecule has 3 rings (SSSR count). The van der Waals surface area contributed by atoms with Gasteiger partial charge in [0, 0.05) is 38.3 Å². The van der Waals surface area contributed by atoms with Crippen LogP contribution >= 0.6 is 11.6 Å². The molecule has 9 heteroatoms. The first-order valence-electron chi connectivity index (χ1n) is 8.07. The predicted molar refractivity (Wildman–Crippen MR) is 101 cm³/mol. The van der Waals surface area contributed by atoms with Crippen LogP contribution in [0, 0.1) is 10.1 Å². The molecule has 26 heavy (non-hydrogen) atoms. The molecule has 0 N–H and O–H groups in total. The van der Waals surface area contributed by atoms with Gasteiger partial charge >= 0.3 is 0 Å². The molecule has 0 spiro atoms. The quantitative estimate of drug-likeness (QED) is 0.574. The van der Waals surface area contributed by atoms with Gasteiger partial charge in [-0.15, -0.1) is 0 Å². The van der Waals surface area contributed by atoms with E-state index in [1.807, 2.05) is 23.1 Å². The van der Waals surface area contributed by atoms with E-state index in [1.165, 1.54) is 16.4 Å². The molecule has 0 radical (unpaired) electrons. The van der Waals surface area contributed by atoms with Gasteiger partial charge in [0.05, 0.1) is 21.4 Å². The molecule has 1 fully saturated rings. The average molecular weight is 396 g/mol. The number of hydrogen-bond acceptors (Lipinski definition) is 5. The fraction of sp³-hybridized carbons (Fsp3) is 0.294. The number of nitro benzene ring substituents is 1. The summed E-state index contributed by atoms with van der Waals surface area (Å²) in [5.74, 6) is -0.0217. The minimum absolute atomic E-state index is 0.0217. The van der Waals surface area contributed by atoms with Gasteiger partial charge in [0.15, 0.2) is 0 Å². The van der Waals surface area contributed by atoms with Crippen LogP contribution in [0.4, 0.5) is 11.4 Å². The van der Waals surface area contributed by atoms with Crippen LogP contribution in [0.5, 0.6) is 0 Å². The fourth-order valence-corrected chi connectivity index (χ4v) is 4.76. The third-order valence-corrected chi connectivity index (χ3v) is 6.46. The number of nitrogens with zero attached hydrogens (tertiary/aromatic N) is 3. The van der Waals surface area contributed by atoms with Gasteiger partial charge in [0.25, 0.3) is 5.69 Å². The van der Waals surface area contributed by atoms with Gasteiger partial charge in [-0.2, -0.15) is 4.31 Å². The van der Waals surface area contributed by atoms with Crippen LogP contribution in [-0.2, 0) is 15.8 Å². The van der Waals surface area contributed by atoms with Crippen molar-refractivity contribution in [3.8, 4) is 0 Å². The van der Waals surface area contributed by atoms with E-state index in [0.717, 1.165) is 5.56 Å². The summed E-state index contributed by atoms with van der Waals surface area (Å²) in [7, 11) is -3.39. The molecule has 0 amide bonds. The molecule has 0 unspecified atom stereocenters. The lowest BCUT2D eigenvalue weighted by molar-refractivity contribution is -0.384. The van der Waals surface area contributed by atoms with E-state index in [9.17, 15) is 18.5 Å². The maximum absolute atomic E-state index is 12.6. The Bertz CT molecular complexity index is 897. The van der Waals surface area contributed by atoms with Gasteiger partial charge in [-0.3, -0.25) is 10.1 Å². The smallest absolute Gasteiger partial charge is 0.271 e. The van der Waals surface area contributed by atoms with Gasteiger partial charge in [0.1, 0.15) is 0 Å². The zero-order chi connectivity index (χ0) is 18.7. The van der Waals surface area contributed by atoms with Crippen molar-refractivity contribution in [3.63, 3.8) is 0 Å². The Morgan fingerprint density at radius 3 is 2.27 bits per heavy atom. The molecule has 2 aromatic rings. The van der Waals surface area contributed by atoms with Crippen molar-refractivity contribution >= 4 is 33.0 Å². The number of benzene rings is 2. The molecule has 0 bridgehead atoms. The van der Waals surface area contributed by atoms with Crippen LogP contribution in [0.15, 0.2) is 48.5 Å². The first-order valence-corrected chi connectivity index (χ1v) is 10.1. The third-order valence-electron chi connectivity index (χ3n) is 4.31. The van der Waals surface area contributed by atoms with Crippen LogP contribution in [-0.4, -0.2) is 43.8 Å². The second-order valence-electron chi connectivity index (χ2n) is 6.02. The Balaban J connectivity index is 1.66. The maximum atomic E-state index is 12.6. The number of anilines is 1. The maximum Gasteiger partial charge on any atom is 0.271 e. The molecule has 138 valence electrons. The van der Waals surface area contributed by atoms with Crippen LogP contribution in [0.2, 0.25) is 5.02 Å². The number of piperazine rings is 1. The first kappa shape index (κ1) is 18.6. The van der Waals surface area contributed by atoms with Crippen LogP contribution in [0.3, 0.4) is 0 Å². The molecule has 7 nitrogen and oxygen atoms in total. The predicted octanol–water partition coefficient (Wildman–Crippen LogP) is 2.90. The molecular formula is C17H18ClN3O4S.